The Bertz CT molecular complexity index is 2880. The molecule has 0 unspecified atom stereocenters. The number of hydrogen-bond acceptors (Lipinski definition) is 2. The minimum absolute atomic E-state index is 0.0965. The zero-order valence-electron chi connectivity index (χ0n) is 33.7. The molecule has 278 valence electrons. The van der Waals surface area contributed by atoms with Crippen LogP contribution in [0, 0.1) is 0 Å². The highest BCUT2D eigenvalue weighted by atomic mass is 15.1. The Labute approximate surface area is 337 Å². The van der Waals surface area contributed by atoms with Crippen molar-refractivity contribution >= 4 is 49.5 Å². The lowest BCUT2D eigenvalue weighted by Crippen LogP contribution is -2.18. The van der Waals surface area contributed by atoms with Gasteiger partial charge in [0.05, 0.1) is 11.2 Å². The Morgan fingerprint density at radius 3 is 1.61 bits per heavy atom. The van der Waals surface area contributed by atoms with Crippen molar-refractivity contribution in [3.63, 3.8) is 0 Å². The van der Waals surface area contributed by atoms with Crippen molar-refractivity contribution in [2.75, 3.05) is 4.90 Å². The summed E-state index contributed by atoms with van der Waals surface area (Å²) >= 11 is 0. The summed E-state index contributed by atoms with van der Waals surface area (Å²) in [6.07, 6.45) is 1.93. The topological polar surface area (TPSA) is 16.1 Å². The number of anilines is 3. The molecular weight excluding hydrogens is 689 g/mol. The van der Waals surface area contributed by atoms with Crippen molar-refractivity contribution in [3.05, 3.63) is 193 Å². The first-order valence-electron chi connectivity index (χ1n) is 20.0. The SMILES string of the molecule is CC(C)(C)c1c2cc(-c3ccc(N(c4ccccc4)c4ccc(-c5ccccc5)cc4-c4ccccc4)cc3)ccc2c(C(C)(C)C)c2c1ccc1cccnc12. The van der Waals surface area contributed by atoms with Gasteiger partial charge < -0.3 is 4.90 Å². The molecule has 8 aromatic carbocycles. The van der Waals surface area contributed by atoms with Gasteiger partial charge in [0.1, 0.15) is 0 Å². The van der Waals surface area contributed by atoms with Gasteiger partial charge in [-0.3, -0.25) is 4.98 Å². The molecular formula is C55H48N2. The largest absolute Gasteiger partial charge is 0.310 e. The molecule has 0 N–H and O–H groups in total. The van der Waals surface area contributed by atoms with Gasteiger partial charge in [0.25, 0.3) is 0 Å². The van der Waals surface area contributed by atoms with E-state index in [-0.39, 0.29) is 10.8 Å². The van der Waals surface area contributed by atoms with Crippen LogP contribution in [0.25, 0.3) is 65.8 Å². The van der Waals surface area contributed by atoms with Crippen LogP contribution in [0.15, 0.2) is 182 Å². The minimum Gasteiger partial charge on any atom is -0.310 e. The summed E-state index contributed by atoms with van der Waals surface area (Å²) in [4.78, 5) is 7.37. The molecule has 57 heavy (non-hydrogen) atoms. The normalized spacial score (nSPS) is 12.0. The number of pyridine rings is 1. The summed E-state index contributed by atoms with van der Waals surface area (Å²) < 4.78 is 0. The van der Waals surface area contributed by atoms with Crippen LogP contribution in [0.5, 0.6) is 0 Å². The van der Waals surface area contributed by atoms with E-state index in [9.17, 15) is 0 Å². The van der Waals surface area contributed by atoms with Gasteiger partial charge in [-0.2, -0.15) is 0 Å². The molecule has 9 aromatic rings. The van der Waals surface area contributed by atoms with Crippen LogP contribution in [0.1, 0.15) is 52.7 Å². The molecule has 0 aliphatic rings. The summed E-state index contributed by atoms with van der Waals surface area (Å²) in [7, 11) is 0. The van der Waals surface area contributed by atoms with E-state index in [0.29, 0.717) is 0 Å². The molecule has 0 radical (unpaired) electrons. The quantitative estimate of drug-likeness (QED) is 0.125. The van der Waals surface area contributed by atoms with Gasteiger partial charge in [-0.05, 0) is 114 Å². The standard InChI is InChI=1S/C55H48N2/c1-54(2,3)51-46-32-26-40-21-16-34-56-53(40)50(46)52(55(4,5)6)45-31-27-41(36-48(45)51)38-24-29-44(30-25-38)57(43-22-14-9-15-23-43)49-33-28-42(37-17-10-7-11-18-37)35-47(49)39-19-12-8-13-20-39/h7-36H,1-6H3. The Kier molecular flexibility index (Phi) is 9.01. The number of hydrogen-bond donors (Lipinski definition) is 0. The van der Waals surface area contributed by atoms with E-state index in [1.165, 1.54) is 71.4 Å². The van der Waals surface area contributed by atoms with Crippen LogP contribution >= 0.6 is 0 Å². The molecule has 0 atom stereocenters. The second-order valence-electron chi connectivity index (χ2n) is 17.3. The summed E-state index contributed by atoms with van der Waals surface area (Å²) in [5.74, 6) is 0. The van der Waals surface area contributed by atoms with Crippen molar-refractivity contribution in [3.8, 4) is 33.4 Å². The first-order chi connectivity index (χ1) is 27.6. The van der Waals surface area contributed by atoms with Crippen molar-refractivity contribution < 1.29 is 0 Å². The maximum Gasteiger partial charge on any atom is 0.0783 e. The molecule has 0 amide bonds. The Hall–Kier alpha value is -6.51. The average molecular weight is 737 g/mol. The number of benzene rings is 8. The highest BCUT2D eigenvalue weighted by Gasteiger charge is 2.29. The molecule has 0 saturated heterocycles. The summed E-state index contributed by atoms with van der Waals surface area (Å²) in [5.41, 5.74) is 14.1. The third-order valence-corrected chi connectivity index (χ3v) is 11.3. The third-order valence-electron chi connectivity index (χ3n) is 11.3. The van der Waals surface area contributed by atoms with E-state index >= 15 is 0 Å². The average Bonchev–Trinajstić information content (AvgIpc) is 3.23. The maximum atomic E-state index is 4.98. The van der Waals surface area contributed by atoms with E-state index in [0.717, 1.165) is 22.6 Å². The number of para-hydroxylation sites is 1. The zero-order valence-corrected chi connectivity index (χ0v) is 33.7. The summed E-state index contributed by atoms with van der Waals surface area (Å²) in [6.45, 7) is 14.0. The lowest BCUT2D eigenvalue weighted by molar-refractivity contribution is 0.593. The molecule has 1 aromatic heterocycles. The molecule has 2 heteroatoms. The second kappa shape index (κ2) is 14.2. The van der Waals surface area contributed by atoms with Crippen LogP contribution < -0.4 is 4.90 Å². The zero-order chi connectivity index (χ0) is 39.3. The minimum atomic E-state index is -0.0967. The highest BCUT2D eigenvalue weighted by Crippen LogP contribution is 2.47. The predicted octanol–water partition coefficient (Wildman–Crippen LogP) is 15.6. The number of fused-ring (bicyclic) bond motifs is 4. The molecule has 1 heterocycles. The fraction of sp³-hybridized carbons (Fsp3) is 0.145. The van der Waals surface area contributed by atoms with Crippen molar-refractivity contribution in [2.45, 2.75) is 52.4 Å². The summed E-state index contributed by atoms with van der Waals surface area (Å²) in [5, 5.41) is 6.38. The van der Waals surface area contributed by atoms with E-state index in [1.54, 1.807) is 0 Å². The molecule has 2 nitrogen and oxygen atoms in total. The monoisotopic (exact) mass is 736 g/mol. The fourth-order valence-electron chi connectivity index (χ4n) is 8.82. The van der Waals surface area contributed by atoms with Crippen LogP contribution in [0.2, 0.25) is 0 Å². The van der Waals surface area contributed by atoms with Crippen LogP contribution in [0.3, 0.4) is 0 Å². The Balaban J connectivity index is 1.21. The number of aromatic nitrogens is 1. The van der Waals surface area contributed by atoms with Crippen molar-refractivity contribution in [2.24, 2.45) is 0 Å². The number of nitrogens with zero attached hydrogens (tertiary/aromatic N) is 2. The molecule has 0 bridgehead atoms. The van der Waals surface area contributed by atoms with E-state index in [2.05, 4.69) is 216 Å². The van der Waals surface area contributed by atoms with E-state index in [4.69, 9.17) is 4.98 Å². The van der Waals surface area contributed by atoms with Gasteiger partial charge in [0.2, 0.25) is 0 Å². The first-order valence-corrected chi connectivity index (χ1v) is 20.0. The van der Waals surface area contributed by atoms with Gasteiger partial charge in [-0.25, -0.2) is 0 Å². The van der Waals surface area contributed by atoms with Crippen LogP contribution in [0.4, 0.5) is 17.1 Å². The molecule has 9 rings (SSSR count). The van der Waals surface area contributed by atoms with Crippen molar-refractivity contribution in [1.29, 1.82) is 0 Å². The van der Waals surface area contributed by atoms with Gasteiger partial charge in [0.15, 0.2) is 0 Å². The molecule has 0 fully saturated rings. The fourth-order valence-corrected chi connectivity index (χ4v) is 8.82. The van der Waals surface area contributed by atoms with Crippen molar-refractivity contribution in [1.82, 2.24) is 4.98 Å². The Morgan fingerprint density at radius 2 is 0.947 bits per heavy atom. The third kappa shape index (κ3) is 6.66. The molecule has 0 spiro atoms. The summed E-state index contributed by atoms with van der Waals surface area (Å²) in [6, 6.07) is 64.0. The molecule has 0 aliphatic heterocycles. The van der Waals surface area contributed by atoms with E-state index in [1.807, 2.05) is 12.3 Å². The van der Waals surface area contributed by atoms with Gasteiger partial charge in [-0.1, -0.05) is 169 Å². The van der Waals surface area contributed by atoms with E-state index < -0.39 is 0 Å². The lowest BCUT2D eigenvalue weighted by atomic mass is 9.73. The van der Waals surface area contributed by atoms with Crippen LogP contribution in [-0.4, -0.2) is 4.98 Å². The van der Waals surface area contributed by atoms with Gasteiger partial charge in [-0.15, -0.1) is 0 Å². The van der Waals surface area contributed by atoms with Gasteiger partial charge >= 0.3 is 0 Å². The lowest BCUT2D eigenvalue weighted by Gasteiger charge is -2.31. The second-order valence-corrected chi connectivity index (χ2v) is 17.3. The highest BCUT2D eigenvalue weighted by molar-refractivity contribution is 6.17. The smallest absolute Gasteiger partial charge is 0.0783 e. The predicted molar refractivity (Wildman–Crippen MR) is 245 cm³/mol. The molecule has 0 saturated carbocycles. The van der Waals surface area contributed by atoms with Gasteiger partial charge in [0, 0.05) is 33.9 Å². The maximum absolute atomic E-state index is 4.98. The number of rotatable bonds is 6. The van der Waals surface area contributed by atoms with Crippen LogP contribution in [-0.2, 0) is 10.8 Å². The molecule has 0 aliphatic carbocycles. The Morgan fingerprint density at radius 1 is 0.404 bits per heavy atom. The first kappa shape index (κ1) is 36.1.